The van der Waals surface area contributed by atoms with Gasteiger partial charge in [0.15, 0.2) is 0 Å². The fraction of sp³-hybridized carbons (Fsp3) is 0.438. The summed E-state index contributed by atoms with van der Waals surface area (Å²) < 4.78 is 0. The topological polar surface area (TPSA) is 78.1 Å². The molecule has 0 aliphatic carbocycles. The van der Waals surface area contributed by atoms with Gasteiger partial charge >= 0.3 is 0 Å². The van der Waals surface area contributed by atoms with Crippen LogP contribution in [0, 0.1) is 6.92 Å². The molecule has 3 heterocycles. The van der Waals surface area contributed by atoms with Crippen molar-refractivity contribution >= 4 is 17.2 Å². The number of amides is 1. The molecule has 23 heavy (non-hydrogen) atoms. The first-order valence-corrected chi connectivity index (χ1v) is 8.61. The summed E-state index contributed by atoms with van der Waals surface area (Å²) in [5.41, 5.74) is -0.304. The maximum atomic E-state index is 12.2. The summed E-state index contributed by atoms with van der Waals surface area (Å²) in [7, 11) is 0. The van der Waals surface area contributed by atoms with Gasteiger partial charge in [-0.15, -0.1) is 11.3 Å². The second-order valence-electron chi connectivity index (χ2n) is 5.81. The summed E-state index contributed by atoms with van der Waals surface area (Å²) in [6, 6.07) is 4.33. The van der Waals surface area contributed by atoms with Crippen LogP contribution in [0.15, 0.2) is 28.5 Å². The predicted molar refractivity (Wildman–Crippen MR) is 89.7 cm³/mol. The lowest BCUT2D eigenvalue weighted by Gasteiger charge is -2.31. The van der Waals surface area contributed by atoms with E-state index in [0.29, 0.717) is 5.82 Å². The van der Waals surface area contributed by atoms with Crippen LogP contribution in [0.3, 0.4) is 0 Å². The van der Waals surface area contributed by atoms with Crippen molar-refractivity contribution in [3.05, 3.63) is 50.3 Å². The largest absolute Gasteiger partial charge is 0.349 e. The molecule has 2 N–H and O–H groups in total. The number of likely N-dealkylation sites (tertiary alicyclic amines) is 1. The maximum Gasteiger partial charge on any atom is 0.263 e. The zero-order valence-corrected chi connectivity index (χ0v) is 13.9. The van der Waals surface area contributed by atoms with Gasteiger partial charge in [-0.25, -0.2) is 4.98 Å². The van der Waals surface area contributed by atoms with E-state index in [0.717, 1.165) is 32.5 Å². The zero-order chi connectivity index (χ0) is 16.2. The lowest BCUT2D eigenvalue weighted by Crippen LogP contribution is -2.45. The Kier molecular flexibility index (Phi) is 4.88. The van der Waals surface area contributed by atoms with Crippen molar-refractivity contribution in [1.82, 2.24) is 20.2 Å². The van der Waals surface area contributed by atoms with E-state index in [4.69, 9.17) is 0 Å². The molecule has 1 amide bonds. The molecule has 3 rings (SSSR count). The predicted octanol–water partition coefficient (Wildman–Crippen LogP) is 1.53. The van der Waals surface area contributed by atoms with Crippen molar-refractivity contribution in [2.45, 2.75) is 32.4 Å². The molecule has 0 unspecified atom stereocenters. The van der Waals surface area contributed by atoms with E-state index in [2.05, 4.69) is 37.7 Å². The van der Waals surface area contributed by atoms with Gasteiger partial charge in [0, 0.05) is 36.8 Å². The van der Waals surface area contributed by atoms with Crippen molar-refractivity contribution in [3.8, 4) is 0 Å². The smallest absolute Gasteiger partial charge is 0.263 e. The van der Waals surface area contributed by atoms with E-state index < -0.39 is 0 Å². The first kappa shape index (κ1) is 15.9. The number of piperidine rings is 1. The van der Waals surface area contributed by atoms with Gasteiger partial charge < -0.3 is 10.3 Å². The Bertz CT molecular complexity index is 718. The summed E-state index contributed by atoms with van der Waals surface area (Å²) in [5.74, 6) is 0.170. The SMILES string of the molecule is Cc1ncc(C(=O)NC2CCN(Cc3cccs3)CC2)c(=O)[nH]1. The molecular weight excluding hydrogens is 312 g/mol. The van der Waals surface area contributed by atoms with Crippen LogP contribution in [-0.4, -0.2) is 39.9 Å². The third kappa shape index (κ3) is 4.05. The van der Waals surface area contributed by atoms with E-state index in [9.17, 15) is 9.59 Å². The minimum Gasteiger partial charge on any atom is -0.349 e. The van der Waals surface area contributed by atoms with Crippen LogP contribution in [0.5, 0.6) is 0 Å². The summed E-state index contributed by atoms with van der Waals surface area (Å²) in [4.78, 5) is 34.3. The van der Waals surface area contributed by atoms with E-state index in [-0.39, 0.29) is 23.1 Å². The van der Waals surface area contributed by atoms with Crippen molar-refractivity contribution < 1.29 is 4.79 Å². The monoisotopic (exact) mass is 332 g/mol. The summed E-state index contributed by atoms with van der Waals surface area (Å²) in [6.45, 7) is 4.56. The Labute approximate surface area is 138 Å². The van der Waals surface area contributed by atoms with Gasteiger partial charge in [0.2, 0.25) is 0 Å². The molecule has 0 spiro atoms. The highest BCUT2D eigenvalue weighted by molar-refractivity contribution is 7.09. The number of H-pyrrole nitrogens is 1. The number of carbonyl (C=O) groups is 1. The molecule has 1 aliphatic rings. The molecule has 1 fully saturated rings. The average molecular weight is 332 g/mol. The molecule has 0 bridgehead atoms. The first-order chi connectivity index (χ1) is 11.1. The highest BCUT2D eigenvalue weighted by Crippen LogP contribution is 2.17. The number of carbonyl (C=O) groups excluding carboxylic acids is 1. The fourth-order valence-electron chi connectivity index (χ4n) is 2.77. The number of nitrogens with one attached hydrogen (secondary N) is 2. The molecule has 2 aromatic heterocycles. The van der Waals surface area contributed by atoms with Crippen LogP contribution in [0.25, 0.3) is 0 Å². The van der Waals surface area contributed by atoms with E-state index in [1.54, 1.807) is 18.3 Å². The Hall–Kier alpha value is -1.99. The van der Waals surface area contributed by atoms with E-state index in [1.165, 1.54) is 11.1 Å². The van der Waals surface area contributed by atoms with Crippen LogP contribution in [0.1, 0.15) is 33.9 Å². The maximum absolute atomic E-state index is 12.2. The van der Waals surface area contributed by atoms with E-state index in [1.807, 2.05) is 0 Å². The second-order valence-corrected chi connectivity index (χ2v) is 6.85. The van der Waals surface area contributed by atoms with Gasteiger partial charge in [-0.2, -0.15) is 0 Å². The van der Waals surface area contributed by atoms with Crippen molar-refractivity contribution in [2.75, 3.05) is 13.1 Å². The van der Waals surface area contributed by atoms with E-state index >= 15 is 0 Å². The minimum atomic E-state index is -0.384. The first-order valence-electron chi connectivity index (χ1n) is 7.73. The average Bonchev–Trinajstić information content (AvgIpc) is 3.02. The normalized spacial score (nSPS) is 16.4. The van der Waals surface area contributed by atoms with Gasteiger partial charge in [-0.3, -0.25) is 14.5 Å². The van der Waals surface area contributed by atoms with Crippen LogP contribution in [0.4, 0.5) is 0 Å². The third-order valence-corrected chi connectivity index (χ3v) is 4.91. The number of hydrogen-bond acceptors (Lipinski definition) is 5. The second kappa shape index (κ2) is 7.06. The Morgan fingerprint density at radius 3 is 2.91 bits per heavy atom. The van der Waals surface area contributed by atoms with Crippen LogP contribution >= 0.6 is 11.3 Å². The number of thiophene rings is 1. The molecule has 1 aliphatic heterocycles. The summed E-state index contributed by atoms with van der Waals surface area (Å²) in [6.07, 6.45) is 3.14. The highest BCUT2D eigenvalue weighted by Gasteiger charge is 2.22. The van der Waals surface area contributed by atoms with Crippen molar-refractivity contribution in [1.29, 1.82) is 0 Å². The molecule has 0 saturated carbocycles. The Morgan fingerprint density at radius 1 is 1.48 bits per heavy atom. The lowest BCUT2D eigenvalue weighted by atomic mass is 10.0. The van der Waals surface area contributed by atoms with Crippen molar-refractivity contribution in [2.24, 2.45) is 0 Å². The van der Waals surface area contributed by atoms with Gasteiger partial charge in [-0.05, 0) is 31.2 Å². The Morgan fingerprint density at radius 2 is 2.26 bits per heavy atom. The molecule has 0 atom stereocenters. The molecule has 2 aromatic rings. The molecule has 1 saturated heterocycles. The summed E-state index contributed by atoms with van der Waals surface area (Å²) >= 11 is 1.77. The molecular formula is C16H20N4O2S. The van der Waals surface area contributed by atoms with Crippen molar-refractivity contribution in [3.63, 3.8) is 0 Å². The van der Waals surface area contributed by atoms with Crippen LogP contribution in [-0.2, 0) is 6.54 Å². The molecule has 122 valence electrons. The quantitative estimate of drug-likeness (QED) is 0.890. The minimum absolute atomic E-state index is 0.0802. The third-order valence-electron chi connectivity index (χ3n) is 4.05. The molecule has 0 aromatic carbocycles. The number of aromatic nitrogens is 2. The highest BCUT2D eigenvalue weighted by atomic mass is 32.1. The van der Waals surface area contributed by atoms with Gasteiger partial charge in [0.05, 0.1) is 0 Å². The van der Waals surface area contributed by atoms with Crippen LogP contribution in [0.2, 0.25) is 0 Å². The van der Waals surface area contributed by atoms with Gasteiger partial charge in [0.25, 0.3) is 11.5 Å². The number of aryl methyl sites for hydroxylation is 1. The molecule has 7 heteroatoms. The number of nitrogens with zero attached hydrogens (tertiary/aromatic N) is 2. The van der Waals surface area contributed by atoms with Crippen LogP contribution < -0.4 is 10.9 Å². The molecule has 6 nitrogen and oxygen atoms in total. The Balaban J connectivity index is 1.52. The fourth-order valence-corrected chi connectivity index (χ4v) is 3.51. The lowest BCUT2D eigenvalue weighted by molar-refractivity contribution is 0.0907. The van der Waals surface area contributed by atoms with Gasteiger partial charge in [0.1, 0.15) is 11.4 Å². The van der Waals surface area contributed by atoms with Gasteiger partial charge in [-0.1, -0.05) is 6.07 Å². The number of rotatable bonds is 4. The number of aromatic amines is 1. The standard InChI is InChI=1S/C16H20N4O2S/c1-11-17-9-14(15(21)18-11)16(22)19-12-4-6-20(7-5-12)10-13-3-2-8-23-13/h2-3,8-9,12H,4-7,10H2,1H3,(H,19,22)(H,17,18,21). The molecule has 0 radical (unpaired) electrons. The summed E-state index contributed by atoms with van der Waals surface area (Å²) in [5, 5.41) is 5.04. The zero-order valence-electron chi connectivity index (χ0n) is 13.0. The number of hydrogen-bond donors (Lipinski definition) is 2.